The van der Waals surface area contributed by atoms with Crippen LogP contribution in [0.1, 0.15) is 30.7 Å². The molecule has 0 unspecified atom stereocenters. The van der Waals surface area contributed by atoms with Crippen molar-refractivity contribution in [2.24, 2.45) is 0 Å². The van der Waals surface area contributed by atoms with E-state index in [0.29, 0.717) is 17.3 Å². The first kappa shape index (κ1) is 23.8. The van der Waals surface area contributed by atoms with Gasteiger partial charge in [-0.15, -0.1) is 0 Å². The molecule has 4 rings (SSSR count). The summed E-state index contributed by atoms with van der Waals surface area (Å²) >= 11 is 0. The van der Waals surface area contributed by atoms with Crippen LogP contribution in [0.4, 0.5) is 0 Å². The number of carbonyl (C=O) groups excluding carboxylic acids is 1. The van der Waals surface area contributed by atoms with Gasteiger partial charge in [0.25, 0.3) is 0 Å². The van der Waals surface area contributed by atoms with Crippen LogP contribution in [0, 0.1) is 6.92 Å². The number of ether oxygens (including phenoxy) is 2. The van der Waals surface area contributed by atoms with Crippen LogP contribution in [0.2, 0.25) is 0 Å². The van der Waals surface area contributed by atoms with E-state index in [-0.39, 0.29) is 37.2 Å². The average molecular weight is 485 g/mol. The third kappa shape index (κ3) is 5.26. The van der Waals surface area contributed by atoms with Crippen molar-refractivity contribution in [3.05, 3.63) is 77.7 Å². The maximum absolute atomic E-state index is 13.5. The quantitative estimate of drug-likeness (QED) is 0.457. The van der Waals surface area contributed by atoms with Gasteiger partial charge in [-0.2, -0.15) is 4.31 Å². The number of benzene rings is 2. The van der Waals surface area contributed by atoms with E-state index in [9.17, 15) is 13.2 Å². The van der Waals surface area contributed by atoms with Crippen LogP contribution < -0.4 is 9.47 Å². The molecule has 2 heterocycles. The Bertz CT molecular complexity index is 1240. The number of carbonyl (C=O) groups is 1. The largest absolute Gasteiger partial charge is 0.467 e. The van der Waals surface area contributed by atoms with Crippen LogP contribution in [0.15, 0.2) is 70.2 Å². The van der Waals surface area contributed by atoms with E-state index < -0.39 is 16.1 Å². The highest BCUT2D eigenvalue weighted by molar-refractivity contribution is 7.89. The molecule has 0 bridgehead atoms. The first-order chi connectivity index (χ1) is 16.2. The van der Waals surface area contributed by atoms with Gasteiger partial charge in [0.2, 0.25) is 22.7 Å². The smallest absolute Gasteiger partial charge is 0.243 e. The van der Waals surface area contributed by atoms with Crippen molar-refractivity contribution >= 4 is 15.9 Å². The monoisotopic (exact) mass is 484 g/mol. The Kier molecular flexibility index (Phi) is 6.95. The molecular formula is C25H28N2O6S. The fourth-order valence-electron chi connectivity index (χ4n) is 3.71. The van der Waals surface area contributed by atoms with Crippen molar-refractivity contribution < 1.29 is 27.1 Å². The molecule has 1 aliphatic heterocycles. The normalized spacial score (nSPS) is 13.0. The topological polar surface area (TPSA) is 89.3 Å². The Hall–Kier alpha value is -3.30. The number of hydrogen-bond donors (Lipinski definition) is 0. The van der Waals surface area contributed by atoms with Gasteiger partial charge in [0, 0.05) is 12.6 Å². The molecule has 0 aliphatic carbocycles. The van der Waals surface area contributed by atoms with Crippen molar-refractivity contribution in [1.29, 1.82) is 0 Å². The summed E-state index contributed by atoms with van der Waals surface area (Å²) in [5.74, 6) is 1.54. The van der Waals surface area contributed by atoms with E-state index in [1.807, 2.05) is 19.1 Å². The predicted molar refractivity (Wildman–Crippen MR) is 126 cm³/mol. The molecule has 0 saturated heterocycles. The van der Waals surface area contributed by atoms with Crippen molar-refractivity contribution in [3.63, 3.8) is 0 Å². The minimum Gasteiger partial charge on any atom is -0.467 e. The second kappa shape index (κ2) is 9.90. The molecule has 0 spiro atoms. The Morgan fingerprint density at radius 1 is 1.00 bits per heavy atom. The van der Waals surface area contributed by atoms with Crippen LogP contribution in [-0.2, 0) is 27.9 Å². The minimum absolute atomic E-state index is 0.160. The van der Waals surface area contributed by atoms with Gasteiger partial charge in [-0.3, -0.25) is 4.79 Å². The van der Waals surface area contributed by atoms with E-state index in [0.717, 1.165) is 11.1 Å². The van der Waals surface area contributed by atoms with Crippen molar-refractivity contribution in [3.8, 4) is 11.5 Å². The predicted octanol–water partition coefficient (Wildman–Crippen LogP) is 3.94. The number of aryl methyl sites for hydroxylation is 1. The number of amides is 1. The molecule has 9 heteroatoms. The Morgan fingerprint density at radius 2 is 1.74 bits per heavy atom. The fourth-order valence-corrected chi connectivity index (χ4v) is 5.29. The van der Waals surface area contributed by atoms with Crippen LogP contribution in [-0.4, -0.2) is 42.9 Å². The number of fused-ring (bicyclic) bond motifs is 1. The standard InChI is InChI=1S/C25H28N2O6S/c1-18(2)27(34(29,30)22-9-6-19(3)7-10-22)16-25(28)26(15-21-5-4-12-31-21)14-20-8-11-23-24(13-20)33-17-32-23/h4-13,18H,14-17H2,1-3H3. The summed E-state index contributed by atoms with van der Waals surface area (Å²) in [5.41, 5.74) is 1.79. The molecule has 3 aromatic rings. The summed E-state index contributed by atoms with van der Waals surface area (Å²) < 4.78 is 44.2. The maximum atomic E-state index is 13.5. The van der Waals surface area contributed by atoms with Gasteiger partial charge in [-0.25, -0.2) is 8.42 Å². The molecule has 1 aromatic heterocycles. The van der Waals surface area contributed by atoms with Gasteiger partial charge in [-0.05, 0) is 62.7 Å². The number of nitrogens with zero attached hydrogens (tertiary/aromatic N) is 2. The molecule has 180 valence electrons. The summed E-state index contributed by atoms with van der Waals surface area (Å²) in [4.78, 5) is 15.2. The zero-order valence-corrected chi connectivity index (χ0v) is 20.2. The molecule has 0 saturated carbocycles. The first-order valence-electron chi connectivity index (χ1n) is 11.0. The molecular weight excluding hydrogens is 456 g/mol. The third-order valence-electron chi connectivity index (χ3n) is 5.58. The number of sulfonamides is 1. The molecule has 0 fully saturated rings. The fraction of sp³-hybridized carbons (Fsp3) is 0.320. The number of rotatable bonds is 9. The zero-order valence-electron chi connectivity index (χ0n) is 19.4. The molecule has 8 nitrogen and oxygen atoms in total. The highest BCUT2D eigenvalue weighted by atomic mass is 32.2. The average Bonchev–Trinajstić information content (AvgIpc) is 3.48. The lowest BCUT2D eigenvalue weighted by Gasteiger charge is -2.29. The third-order valence-corrected chi connectivity index (χ3v) is 7.62. The summed E-state index contributed by atoms with van der Waals surface area (Å²) in [5, 5.41) is 0. The lowest BCUT2D eigenvalue weighted by Crippen LogP contribution is -2.45. The highest BCUT2D eigenvalue weighted by Gasteiger charge is 2.31. The van der Waals surface area contributed by atoms with Gasteiger partial charge >= 0.3 is 0 Å². The summed E-state index contributed by atoms with van der Waals surface area (Å²) in [6.45, 7) is 5.74. The maximum Gasteiger partial charge on any atom is 0.243 e. The summed E-state index contributed by atoms with van der Waals surface area (Å²) in [6, 6.07) is 15.2. The number of furan rings is 1. The molecule has 0 N–H and O–H groups in total. The van der Waals surface area contributed by atoms with Gasteiger partial charge in [-0.1, -0.05) is 23.8 Å². The minimum atomic E-state index is -3.86. The van der Waals surface area contributed by atoms with Crippen molar-refractivity contribution in [1.82, 2.24) is 9.21 Å². The Labute approximate surface area is 199 Å². The molecule has 1 amide bonds. The van der Waals surface area contributed by atoms with Gasteiger partial charge < -0.3 is 18.8 Å². The highest BCUT2D eigenvalue weighted by Crippen LogP contribution is 2.33. The molecule has 0 radical (unpaired) electrons. The molecule has 0 atom stereocenters. The second-order valence-corrected chi connectivity index (χ2v) is 10.4. The van der Waals surface area contributed by atoms with Crippen molar-refractivity contribution in [2.45, 2.75) is 44.8 Å². The van der Waals surface area contributed by atoms with Crippen LogP contribution in [0.5, 0.6) is 11.5 Å². The molecule has 1 aliphatic rings. The first-order valence-corrected chi connectivity index (χ1v) is 12.5. The number of hydrogen-bond acceptors (Lipinski definition) is 6. The lowest BCUT2D eigenvalue weighted by atomic mass is 10.2. The van der Waals surface area contributed by atoms with Crippen LogP contribution >= 0.6 is 0 Å². The van der Waals surface area contributed by atoms with Gasteiger partial charge in [0.05, 0.1) is 24.2 Å². The van der Waals surface area contributed by atoms with E-state index in [1.165, 1.54) is 4.31 Å². The lowest BCUT2D eigenvalue weighted by molar-refractivity contribution is -0.133. The summed E-state index contributed by atoms with van der Waals surface area (Å²) in [7, 11) is -3.86. The Balaban J connectivity index is 1.58. The molecule has 34 heavy (non-hydrogen) atoms. The second-order valence-electron chi connectivity index (χ2n) is 8.47. The van der Waals surface area contributed by atoms with E-state index >= 15 is 0 Å². The van der Waals surface area contributed by atoms with Crippen molar-refractivity contribution in [2.75, 3.05) is 13.3 Å². The van der Waals surface area contributed by atoms with E-state index in [2.05, 4.69) is 0 Å². The van der Waals surface area contributed by atoms with E-state index in [4.69, 9.17) is 13.9 Å². The molecule has 2 aromatic carbocycles. The van der Waals surface area contributed by atoms with Crippen LogP contribution in [0.25, 0.3) is 0 Å². The van der Waals surface area contributed by atoms with Gasteiger partial charge in [0.1, 0.15) is 5.76 Å². The Morgan fingerprint density at radius 3 is 2.41 bits per heavy atom. The van der Waals surface area contributed by atoms with Crippen LogP contribution in [0.3, 0.4) is 0 Å². The van der Waals surface area contributed by atoms with Gasteiger partial charge in [0.15, 0.2) is 11.5 Å². The SMILES string of the molecule is Cc1ccc(S(=O)(=O)N(CC(=O)N(Cc2ccc3c(c2)OCO3)Cc2ccco2)C(C)C)cc1. The zero-order chi connectivity index (χ0) is 24.3. The summed E-state index contributed by atoms with van der Waals surface area (Å²) in [6.07, 6.45) is 1.54. The van der Waals surface area contributed by atoms with E-state index in [1.54, 1.807) is 67.5 Å².